The molecule has 7 heteroatoms. The van der Waals surface area contributed by atoms with Crippen LogP contribution in [-0.2, 0) is 25.3 Å². The van der Waals surface area contributed by atoms with Gasteiger partial charge in [-0.3, -0.25) is 14.5 Å². The molecule has 2 aliphatic rings. The fourth-order valence-corrected chi connectivity index (χ4v) is 5.42. The number of carbonyl (C=O) groups is 1. The van der Waals surface area contributed by atoms with E-state index in [1.807, 2.05) is 6.92 Å². The van der Waals surface area contributed by atoms with Gasteiger partial charge in [-0.1, -0.05) is 33.3 Å². The number of carbonyl (C=O) groups excluding carboxylic acids is 1. The molecule has 2 rings (SSSR count). The lowest BCUT2D eigenvalue weighted by atomic mass is 9.66. The third-order valence-corrected chi connectivity index (χ3v) is 8.18. The van der Waals surface area contributed by atoms with Crippen LogP contribution < -0.4 is 4.72 Å². The predicted octanol–water partition coefficient (Wildman–Crippen LogP) is 4.38. The molecule has 0 radical (unpaired) electrons. The second kappa shape index (κ2) is 12.1. The minimum Gasteiger partial charge on any atom is -0.352 e. The van der Waals surface area contributed by atoms with Gasteiger partial charge in [-0.25, -0.2) is 4.21 Å². The maximum atomic E-state index is 12.6. The molecule has 6 unspecified atom stereocenters. The number of allylic oxidation sites excluding steroid dienone is 1. The lowest BCUT2D eigenvalue weighted by Gasteiger charge is -2.44. The van der Waals surface area contributed by atoms with E-state index in [2.05, 4.69) is 30.1 Å². The molecule has 1 N–H and O–H groups in total. The first-order valence-electron chi connectivity index (χ1n) is 11.4. The van der Waals surface area contributed by atoms with Crippen LogP contribution in [-0.4, -0.2) is 40.6 Å². The third-order valence-electron chi connectivity index (χ3n) is 6.66. The Kier molecular flexibility index (Phi) is 10.2. The largest absolute Gasteiger partial charge is 0.352 e. The first-order chi connectivity index (χ1) is 14.2. The first kappa shape index (κ1) is 25.2. The molecule has 1 aliphatic heterocycles. The maximum absolute atomic E-state index is 12.6. The summed E-state index contributed by atoms with van der Waals surface area (Å²) in [7, 11) is -1.44. The van der Waals surface area contributed by atoms with Gasteiger partial charge in [-0.05, 0) is 64.2 Å². The molecule has 0 aromatic heterocycles. The van der Waals surface area contributed by atoms with E-state index in [0.717, 1.165) is 44.8 Å². The average molecular weight is 441 g/mol. The summed E-state index contributed by atoms with van der Waals surface area (Å²) in [6, 6.07) is 0. The predicted molar refractivity (Wildman–Crippen MR) is 122 cm³/mol. The molecule has 1 saturated heterocycles. The van der Waals surface area contributed by atoms with E-state index in [-0.39, 0.29) is 23.2 Å². The van der Waals surface area contributed by atoms with Crippen LogP contribution >= 0.6 is 0 Å². The molecule has 2 fully saturated rings. The van der Waals surface area contributed by atoms with Crippen LogP contribution in [0, 0.1) is 23.7 Å². The molecule has 172 valence electrons. The average Bonchev–Trinajstić information content (AvgIpc) is 2.71. The Morgan fingerprint density at radius 3 is 2.40 bits per heavy atom. The minimum absolute atomic E-state index is 0.0665. The van der Waals surface area contributed by atoms with Crippen LogP contribution in [0.25, 0.3) is 0 Å². The molecule has 6 atom stereocenters. The van der Waals surface area contributed by atoms with Gasteiger partial charge in [0.2, 0.25) is 0 Å². The zero-order chi connectivity index (χ0) is 22.3. The molecule has 1 aliphatic carbocycles. The Hall–Kier alpha value is -1.05. The van der Waals surface area contributed by atoms with E-state index < -0.39 is 16.9 Å². The summed E-state index contributed by atoms with van der Waals surface area (Å²) in [5.74, 6) is 1.71. The van der Waals surface area contributed by atoms with E-state index in [1.165, 1.54) is 12.8 Å². The van der Waals surface area contributed by atoms with Gasteiger partial charge >= 0.3 is 0 Å². The number of rotatable bonds is 11. The molecular weight excluding hydrogens is 400 g/mol. The molecule has 0 aromatic rings. The van der Waals surface area contributed by atoms with Crippen molar-refractivity contribution in [2.75, 3.05) is 13.2 Å². The van der Waals surface area contributed by atoms with Gasteiger partial charge in [0.05, 0.1) is 18.5 Å². The summed E-state index contributed by atoms with van der Waals surface area (Å²) in [5.41, 5.74) is 0.830. The Bertz CT molecular complexity index is 645. The molecule has 6 nitrogen and oxygen atoms in total. The van der Waals surface area contributed by atoms with Gasteiger partial charge in [0, 0.05) is 11.6 Å². The summed E-state index contributed by atoms with van der Waals surface area (Å²) in [4.78, 5) is 16.2. The van der Waals surface area contributed by atoms with Crippen molar-refractivity contribution in [3.63, 3.8) is 0 Å². The van der Waals surface area contributed by atoms with Crippen molar-refractivity contribution in [2.45, 2.75) is 84.7 Å². The maximum Gasteiger partial charge on any atom is 0.277 e. The van der Waals surface area contributed by atoms with Crippen LogP contribution in [0.2, 0.25) is 0 Å². The van der Waals surface area contributed by atoms with Crippen molar-refractivity contribution in [1.82, 2.24) is 4.72 Å². The lowest BCUT2D eigenvalue weighted by molar-refractivity contribution is -0.223. The van der Waals surface area contributed by atoms with Crippen molar-refractivity contribution in [2.24, 2.45) is 28.7 Å². The van der Waals surface area contributed by atoms with E-state index in [9.17, 15) is 9.00 Å². The SMILES string of the molecule is C=C(C)N=C(C)C(=O)NS(=O)C(C)C(C)CCCC(C1OCCCO1)C1CCC1C. The second-order valence-corrected chi connectivity index (χ2v) is 10.7. The standard InChI is InChI=1S/C23H40N2O4S/c1-15(2)24-18(5)22(26)25-30(27)19(6)16(3)9-7-10-21(20-12-11-17(20)4)23-28-13-8-14-29-23/h16-17,19-21,23H,1,7-14H2,2-6H3,(H,25,26). The van der Waals surface area contributed by atoms with E-state index in [0.29, 0.717) is 17.5 Å². The summed E-state index contributed by atoms with van der Waals surface area (Å²) >= 11 is 0. The summed E-state index contributed by atoms with van der Waals surface area (Å²) in [5, 5.41) is -0.130. The normalized spacial score (nSPS) is 26.9. The first-order valence-corrected chi connectivity index (χ1v) is 12.6. The number of nitrogens with zero attached hydrogens (tertiary/aromatic N) is 1. The summed E-state index contributed by atoms with van der Waals surface area (Å²) in [6.45, 7) is 15.0. The molecule has 1 saturated carbocycles. The highest BCUT2D eigenvalue weighted by molar-refractivity contribution is 7.84. The van der Waals surface area contributed by atoms with E-state index >= 15 is 0 Å². The fourth-order valence-electron chi connectivity index (χ4n) is 4.35. The van der Waals surface area contributed by atoms with Crippen LogP contribution in [0.3, 0.4) is 0 Å². The summed E-state index contributed by atoms with van der Waals surface area (Å²) in [6.07, 6.45) is 6.56. The highest BCUT2D eigenvalue weighted by atomic mass is 32.2. The van der Waals surface area contributed by atoms with Gasteiger partial charge in [0.1, 0.15) is 16.7 Å². The number of ether oxygens (including phenoxy) is 2. The summed E-state index contributed by atoms with van der Waals surface area (Å²) < 4.78 is 27.1. The molecule has 0 spiro atoms. The van der Waals surface area contributed by atoms with Crippen LogP contribution in [0.4, 0.5) is 0 Å². The monoisotopic (exact) mass is 440 g/mol. The van der Waals surface area contributed by atoms with Crippen molar-refractivity contribution in [3.8, 4) is 0 Å². The Balaban J connectivity index is 1.82. The number of hydrogen-bond donors (Lipinski definition) is 1. The quantitative estimate of drug-likeness (QED) is 0.484. The Morgan fingerprint density at radius 1 is 1.20 bits per heavy atom. The van der Waals surface area contributed by atoms with Crippen molar-refractivity contribution in [3.05, 3.63) is 12.3 Å². The van der Waals surface area contributed by atoms with Crippen molar-refractivity contribution < 1.29 is 18.5 Å². The van der Waals surface area contributed by atoms with Gasteiger partial charge in [-0.2, -0.15) is 0 Å². The third kappa shape index (κ3) is 7.27. The second-order valence-electron chi connectivity index (χ2n) is 9.12. The van der Waals surface area contributed by atoms with Gasteiger partial charge < -0.3 is 9.47 Å². The minimum atomic E-state index is -1.44. The number of aliphatic imine (C=N–C) groups is 1. The zero-order valence-electron chi connectivity index (χ0n) is 19.3. The number of nitrogens with one attached hydrogen (secondary N) is 1. The highest BCUT2D eigenvalue weighted by Gasteiger charge is 2.39. The Morgan fingerprint density at radius 2 is 1.87 bits per heavy atom. The van der Waals surface area contributed by atoms with Crippen LogP contribution in [0.5, 0.6) is 0 Å². The number of amides is 1. The zero-order valence-corrected chi connectivity index (χ0v) is 20.1. The van der Waals surface area contributed by atoms with E-state index in [4.69, 9.17) is 9.47 Å². The lowest BCUT2D eigenvalue weighted by Crippen LogP contribution is -2.42. The molecule has 0 aromatic carbocycles. The molecular formula is C23H40N2O4S. The molecule has 0 bridgehead atoms. The molecule has 1 heterocycles. The fraction of sp³-hybridized carbons (Fsp3) is 0.826. The topological polar surface area (TPSA) is 77.0 Å². The smallest absolute Gasteiger partial charge is 0.277 e. The Labute approximate surface area is 184 Å². The highest BCUT2D eigenvalue weighted by Crippen LogP contribution is 2.44. The van der Waals surface area contributed by atoms with Gasteiger partial charge in [-0.15, -0.1) is 0 Å². The van der Waals surface area contributed by atoms with Gasteiger partial charge in [0.25, 0.3) is 5.91 Å². The van der Waals surface area contributed by atoms with Gasteiger partial charge in [0.15, 0.2) is 6.29 Å². The van der Waals surface area contributed by atoms with E-state index in [1.54, 1.807) is 13.8 Å². The van der Waals surface area contributed by atoms with Crippen molar-refractivity contribution in [1.29, 1.82) is 0 Å². The van der Waals surface area contributed by atoms with Crippen LogP contribution in [0.1, 0.15) is 73.1 Å². The van der Waals surface area contributed by atoms with Crippen molar-refractivity contribution >= 4 is 22.6 Å². The molecule has 30 heavy (non-hydrogen) atoms. The number of hydrogen-bond acceptors (Lipinski definition) is 5. The molecule has 1 amide bonds. The van der Waals surface area contributed by atoms with Crippen LogP contribution in [0.15, 0.2) is 17.3 Å².